The summed E-state index contributed by atoms with van der Waals surface area (Å²) in [5, 5.41) is 2.73. The molecule has 59 valence electrons. The minimum atomic E-state index is 0.694. The van der Waals surface area contributed by atoms with Gasteiger partial charge in [-0.3, -0.25) is 0 Å². The van der Waals surface area contributed by atoms with Crippen molar-refractivity contribution in [3.8, 4) is 10.4 Å². The Morgan fingerprint density at radius 1 is 1.25 bits per heavy atom. The maximum atomic E-state index is 5.97. The zero-order valence-electron chi connectivity index (χ0n) is 6.25. The van der Waals surface area contributed by atoms with Gasteiger partial charge in [0, 0.05) is 16.5 Å². The Morgan fingerprint density at radius 3 is 2.83 bits per heavy atom. The normalized spacial score (nSPS) is 10.1. The van der Waals surface area contributed by atoms with Crippen molar-refractivity contribution < 1.29 is 0 Å². The van der Waals surface area contributed by atoms with E-state index >= 15 is 0 Å². The summed E-state index contributed by atoms with van der Waals surface area (Å²) in [5.74, 6) is 0. The summed E-state index contributed by atoms with van der Waals surface area (Å²) >= 11 is 7.65. The summed E-state index contributed by atoms with van der Waals surface area (Å²) in [7, 11) is 0. The number of rotatable bonds is 1. The third-order valence-electron chi connectivity index (χ3n) is 1.59. The van der Waals surface area contributed by atoms with E-state index in [2.05, 4.69) is 12.1 Å². The van der Waals surface area contributed by atoms with Gasteiger partial charge in [0.25, 0.3) is 0 Å². The van der Waals surface area contributed by atoms with Crippen molar-refractivity contribution in [2.45, 2.75) is 0 Å². The standard InChI is InChI=1S/C10H6ClS/c11-9-5-2-1-4-8(9)10-6-3-7-12-10/h1-4,6-7H. The van der Waals surface area contributed by atoms with Crippen molar-refractivity contribution in [1.82, 2.24) is 0 Å². The van der Waals surface area contributed by atoms with Crippen LogP contribution in [0.15, 0.2) is 35.7 Å². The van der Waals surface area contributed by atoms with Crippen LogP contribution in [-0.2, 0) is 0 Å². The van der Waals surface area contributed by atoms with Crippen LogP contribution in [-0.4, -0.2) is 0 Å². The highest BCUT2D eigenvalue weighted by Gasteiger charge is 2.01. The van der Waals surface area contributed by atoms with Crippen LogP contribution in [0.25, 0.3) is 10.4 Å². The van der Waals surface area contributed by atoms with Gasteiger partial charge in [-0.1, -0.05) is 35.9 Å². The molecule has 0 saturated carbocycles. The molecule has 2 rings (SSSR count). The maximum absolute atomic E-state index is 5.97. The fourth-order valence-corrected chi connectivity index (χ4v) is 2.08. The van der Waals surface area contributed by atoms with E-state index in [1.807, 2.05) is 29.6 Å². The van der Waals surface area contributed by atoms with E-state index in [0.717, 1.165) is 5.56 Å². The first-order chi connectivity index (χ1) is 5.88. The average Bonchev–Trinajstić information content (AvgIpc) is 2.57. The summed E-state index contributed by atoms with van der Waals surface area (Å²) < 4.78 is 0. The predicted octanol–water partition coefficient (Wildman–Crippen LogP) is 3.87. The zero-order chi connectivity index (χ0) is 8.39. The van der Waals surface area contributed by atoms with E-state index in [1.165, 1.54) is 4.88 Å². The lowest BCUT2D eigenvalue weighted by molar-refractivity contribution is 1.68. The molecule has 0 unspecified atom stereocenters. The monoisotopic (exact) mass is 193 g/mol. The number of hydrogen-bond donors (Lipinski definition) is 0. The van der Waals surface area contributed by atoms with Crippen molar-refractivity contribution in [3.05, 3.63) is 46.8 Å². The van der Waals surface area contributed by atoms with Crippen molar-refractivity contribution in [2.24, 2.45) is 0 Å². The second-order valence-electron chi connectivity index (χ2n) is 2.38. The highest BCUT2D eigenvalue weighted by atomic mass is 35.5. The van der Waals surface area contributed by atoms with Crippen LogP contribution < -0.4 is 0 Å². The largest absolute Gasteiger partial charge is 0.144 e. The summed E-state index contributed by atoms with van der Waals surface area (Å²) in [4.78, 5) is 1.19. The second-order valence-corrected chi connectivity index (χ2v) is 3.70. The number of halogens is 1. The molecule has 0 saturated heterocycles. The Labute approximate surface area is 80.4 Å². The molecule has 0 aliphatic carbocycles. The van der Waals surface area contributed by atoms with E-state index in [4.69, 9.17) is 11.6 Å². The van der Waals surface area contributed by atoms with Crippen LogP contribution in [0, 0.1) is 6.07 Å². The number of thiophene rings is 1. The third-order valence-corrected chi connectivity index (χ3v) is 2.81. The summed E-state index contributed by atoms with van der Waals surface area (Å²) in [6.07, 6.45) is 0. The van der Waals surface area contributed by atoms with Crippen LogP contribution in [0.2, 0.25) is 5.02 Å². The molecule has 0 aliphatic heterocycles. The smallest absolute Gasteiger partial charge is 0.0571 e. The van der Waals surface area contributed by atoms with Gasteiger partial charge in [-0.2, -0.15) is 0 Å². The topological polar surface area (TPSA) is 0 Å². The van der Waals surface area contributed by atoms with E-state index in [9.17, 15) is 0 Å². The van der Waals surface area contributed by atoms with Gasteiger partial charge in [0.2, 0.25) is 0 Å². The van der Waals surface area contributed by atoms with Gasteiger partial charge in [-0.15, -0.1) is 11.3 Å². The summed E-state index contributed by atoms with van der Waals surface area (Å²) in [6.45, 7) is 0. The molecule has 2 aromatic rings. The molecular formula is C10H6ClS. The Morgan fingerprint density at radius 2 is 2.17 bits per heavy atom. The number of benzene rings is 1. The fourth-order valence-electron chi connectivity index (χ4n) is 1.04. The molecule has 1 heterocycles. The summed E-state index contributed by atoms with van der Waals surface area (Å²) in [6, 6.07) is 12.8. The molecule has 0 bridgehead atoms. The van der Waals surface area contributed by atoms with Gasteiger partial charge in [-0.05, 0) is 11.4 Å². The molecule has 0 atom stereocenters. The van der Waals surface area contributed by atoms with E-state index in [1.54, 1.807) is 11.3 Å². The quantitative estimate of drug-likeness (QED) is 0.645. The lowest BCUT2D eigenvalue weighted by atomic mass is 10.2. The Hall–Kier alpha value is -0.790. The molecule has 0 nitrogen and oxygen atoms in total. The first kappa shape index (κ1) is 7.84. The molecule has 1 radical (unpaired) electrons. The molecular weight excluding hydrogens is 188 g/mol. The van der Waals surface area contributed by atoms with Gasteiger partial charge < -0.3 is 0 Å². The van der Waals surface area contributed by atoms with Gasteiger partial charge >= 0.3 is 0 Å². The van der Waals surface area contributed by atoms with E-state index < -0.39 is 0 Å². The maximum Gasteiger partial charge on any atom is 0.0571 e. The van der Waals surface area contributed by atoms with E-state index in [0.29, 0.717) is 5.02 Å². The van der Waals surface area contributed by atoms with Gasteiger partial charge in [0.15, 0.2) is 0 Å². The highest BCUT2D eigenvalue weighted by Crippen LogP contribution is 2.30. The predicted molar refractivity (Wildman–Crippen MR) is 53.6 cm³/mol. The van der Waals surface area contributed by atoms with E-state index in [-0.39, 0.29) is 0 Å². The molecule has 12 heavy (non-hydrogen) atoms. The fraction of sp³-hybridized carbons (Fsp3) is 0. The lowest BCUT2D eigenvalue weighted by Gasteiger charge is -1.98. The number of hydrogen-bond acceptors (Lipinski definition) is 1. The van der Waals surface area contributed by atoms with Crippen molar-refractivity contribution in [2.75, 3.05) is 0 Å². The van der Waals surface area contributed by atoms with Gasteiger partial charge in [0.05, 0.1) is 5.02 Å². The summed E-state index contributed by atoms with van der Waals surface area (Å²) in [5.41, 5.74) is 1.06. The molecule has 0 aliphatic rings. The van der Waals surface area contributed by atoms with Crippen LogP contribution >= 0.6 is 22.9 Å². The van der Waals surface area contributed by atoms with Crippen LogP contribution in [0.5, 0.6) is 0 Å². The Balaban J connectivity index is 2.55. The van der Waals surface area contributed by atoms with Gasteiger partial charge in [-0.25, -0.2) is 0 Å². The first-order valence-corrected chi connectivity index (χ1v) is 4.84. The zero-order valence-corrected chi connectivity index (χ0v) is 7.82. The van der Waals surface area contributed by atoms with Crippen LogP contribution in [0.1, 0.15) is 0 Å². The molecule has 2 heteroatoms. The Kier molecular flexibility index (Phi) is 2.15. The molecule has 1 aromatic carbocycles. The van der Waals surface area contributed by atoms with Gasteiger partial charge in [0.1, 0.15) is 0 Å². The SMILES string of the molecule is Clc1[c]cccc1-c1cccs1. The second kappa shape index (κ2) is 3.30. The van der Waals surface area contributed by atoms with Crippen LogP contribution in [0.3, 0.4) is 0 Å². The molecule has 0 N–H and O–H groups in total. The minimum Gasteiger partial charge on any atom is -0.144 e. The molecule has 0 spiro atoms. The lowest BCUT2D eigenvalue weighted by Crippen LogP contribution is -1.72. The average molecular weight is 194 g/mol. The third kappa shape index (κ3) is 1.38. The Bertz CT molecular complexity index is 365. The molecule has 0 amide bonds. The molecule has 0 fully saturated rings. The first-order valence-electron chi connectivity index (χ1n) is 3.58. The molecule has 1 aromatic heterocycles. The highest BCUT2D eigenvalue weighted by molar-refractivity contribution is 7.13. The van der Waals surface area contributed by atoms with Crippen molar-refractivity contribution >= 4 is 22.9 Å². The van der Waals surface area contributed by atoms with Crippen molar-refractivity contribution in [1.29, 1.82) is 0 Å². The van der Waals surface area contributed by atoms with Crippen molar-refractivity contribution in [3.63, 3.8) is 0 Å². The van der Waals surface area contributed by atoms with Crippen LogP contribution in [0.4, 0.5) is 0 Å². The minimum absolute atomic E-state index is 0.694.